The minimum atomic E-state index is -1.46. The molecule has 1 aromatic carbocycles. The topological polar surface area (TPSA) is 355 Å². The van der Waals surface area contributed by atoms with Crippen LogP contribution >= 0.6 is 12.6 Å². The van der Waals surface area contributed by atoms with Crippen molar-refractivity contribution in [2.75, 3.05) is 18.8 Å². The molecule has 20 nitrogen and oxygen atoms in total. The first kappa shape index (κ1) is 44.6. The van der Waals surface area contributed by atoms with Crippen molar-refractivity contribution in [2.24, 2.45) is 38.7 Å². The Morgan fingerprint density at radius 1 is 0.750 bits per heavy atom. The van der Waals surface area contributed by atoms with Crippen LogP contribution in [0.3, 0.4) is 0 Å². The number of hydrogen-bond acceptors (Lipinski definition) is 11. The first-order valence-electron chi connectivity index (χ1n) is 16.3. The number of rotatable bonds is 24. The van der Waals surface area contributed by atoms with E-state index in [1.807, 2.05) is 0 Å². The number of aliphatic imine (C=N–C) groups is 2. The van der Waals surface area contributed by atoms with Gasteiger partial charge in [0.15, 0.2) is 11.9 Å². The van der Waals surface area contributed by atoms with Gasteiger partial charge in [0.1, 0.15) is 30.5 Å². The minimum Gasteiger partial charge on any atom is -0.481 e. The Balaban J connectivity index is 3.21. The second-order valence-corrected chi connectivity index (χ2v) is 12.0. The lowest BCUT2D eigenvalue weighted by Crippen LogP contribution is -2.59. The first-order chi connectivity index (χ1) is 24.6. The van der Waals surface area contributed by atoms with Crippen molar-refractivity contribution >= 4 is 66.3 Å². The predicted molar refractivity (Wildman–Crippen MR) is 195 cm³/mol. The number of amides is 5. The van der Waals surface area contributed by atoms with Gasteiger partial charge in [0.05, 0.1) is 18.5 Å². The van der Waals surface area contributed by atoms with E-state index in [2.05, 4.69) is 49.2 Å². The van der Waals surface area contributed by atoms with E-state index in [9.17, 15) is 33.6 Å². The molecule has 0 saturated carbocycles. The number of guanidine groups is 2. The highest BCUT2D eigenvalue weighted by Gasteiger charge is 2.31. The van der Waals surface area contributed by atoms with Crippen molar-refractivity contribution in [2.45, 2.75) is 81.7 Å². The van der Waals surface area contributed by atoms with E-state index < -0.39 is 78.2 Å². The van der Waals surface area contributed by atoms with Crippen molar-refractivity contribution in [3.05, 3.63) is 35.9 Å². The summed E-state index contributed by atoms with van der Waals surface area (Å²) in [5, 5.41) is 21.6. The van der Waals surface area contributed by atoms with Gasteiger partial charge in [-0.1, -0.05) is 30.3 Å². The van der Waals surface area contributed by atoms with Crippen LogP contribution in [0.2, 0.25) is 0 Å². The molecule has 0 aromatic heterocycles. The van der Waals surface area contributed by atoms with E-state index in [0.29, 0.717) is 11.8 Å². The Morgan fingerprint density at radius 3 is 1.71 bits per heavy atom. The summed E-state index contributed by atoms with van der Waals surface area (Å²) in [5.74, 6) is -5.59. The molecular weight excluding hydrogens is 700 g/mol. The second-order valence-electron chi connectivity index (χ2n) is 11.6. The highest BCUT2D eigenvalue weighted by Crippen LogP contribution is 2.08. The lowest BCUT2D eigenvalue weighted by molar-refractivity contribution is -0.140. The molecule has 5 amide bonds. The van der Waals surface area contributed by atoms with E-state index in [-0.39, 0.29) is 62.9 Å². The molecule has 0 spiro atoms. The summed E-state index contributed by atoms with van der Waals surface area (Å²) in [6.07, 6.45) is 0.341. The lowest BCUT2D eigenvalue weighted by atomic mass is 10.0. The molecule has 1 aromatic rings. The van der Waals surface area contributed by atoms with Crippen LogP contribution in [0, 0.1) is 0 Å². The molecule has 1 rings (SSSR count). The van der Waals surface area contributed by atoms with Crippen LogP contribution in [0.15, 0.2) is 40.3 Å². The quantitative estimate of drug-likeness (QED) is 0.0157. The molecule has 0 bridgehead atoms. The zero-order valence-corrected chi connectivity index (χ0v) is 29.7. The number of benzene rings is 1. The normalized spacial score (nSPS) is 14.1. The smallest absolute Gasteiger partial charge is 0.305 e. The average Bonchev–Trinajstić information content (AvgIpc) is 3.08. The van der Waals surface area contributed by atoms with Crippen LogP contribution in [-0.4, -0.2) is 114 Å². The summed E-state index contributed by atoms with van der Waals surface area (Å²) in [4.78, 5) is 96.1. The molecule has 16 N–H and O–H groups in total. The average molecular weight is 751 g/mol. The van der Waals surface area contributed by atoms with Gasteiger partial charge < -0.3 is 65.2 Å². The van der Waals surface area contributed by atoms with Gasteiger partial charge in [-0.2, -0.15) is 12.6 Å². The third kappa shape index (κ3) is 18.0. The molecule has 0 radical (unpaired) electrons. The van der Waals surface area contributed by atoms with Gasteiger partial charge in [-0.15, -0.1) is 0 Å². The molecule has 288 valence electrons. The maximum Gasteiger partial charge on any atom is 0.305 e. The van der Waals surface area contributed by atoms with Gasteiger partial charge in [0.2, 0.25) is 29.5 Å². The van der Waals surface area contributed by atoms with Crippen molar-refractivity contribution in [1.82, 2.24) is 26.6 Å². The van der Waals surface area contributed by atoms with Gasteiger partial charge in [0, 0.05) is 25.3 Å². The maximum atomic E-state index is 13.7. The summed E-state index contributed by atoms with van der Waals surface area (Å²) in [6.45, 7) is 1.59. The second kappa shape index (κ2) is 23.9. The molecule has 0 fully saturated rings. The number of carbonyl (C=O) groups excluding carboxylic acids is 6. The predicted octanol–water partition coefficient (Wildman–Crippen LogP) is -4.29. The molecule has 21 heteroatoms. The zero-order valence-electron chi connectivity index (χ0n) is 28.8. The Labute approximate surface area is 306 Å². The number of nitrogens with one attached hydrogen (secondary N) is 5. The van der Waals surface area contributed by atoms with Gasteiger partial charge in [-0.05, 0) is 38.2 Å². The largest absolute Gasteiger partial charge is 0.481 e. The summed E-state index contributed by atoms with van der Waals surface area (Å²) in [5.41, 5.74) is 27.7. The third-order valence-corrected chi connectivity index (χ3v) is 7.64. The first-order valence-corrected chi connectivity index (χ1v) is 16.9. The number of aldehydes is 1. The third-order valence-electron chi connectivity index (χ3n) is 7.24. The van der Waals surface area contributed by atoms with Crippen LogP contribution in [0.25, 0.3) is 0 Å². The Bertz CT molecular complexity index is 1420. The van der Waals surface area contributed by atoms with Gasteiger partial charge in [-0.3, -0.25) is 38.8 Å². The SMILES string of the molecule is C[C@H](NC(=O)[C@H](CCCN=C(N)N)NC(=O)[C@@H](N)CC(=O)O)C(=O)N[C@@H](Cc1ccccc1)C(=O)N[C@@H](CCCN=C(N)N)C(=O)N[C@H](C=O)CS. The number of hydrogen-bond donors (Lipinski definition) is 12. The number of nitrogens with two attached hydrogens (primary N) is 5. The molecule has 0 unspecified atom stereocenters. The van der Waals surface area contributed by atoms with E-state index in [1.54, 1.807) is 30.3 Å². The zero-order chi connectivity index (χ0) is 39.2. The highest BCUT2D eigenvalue weighted by molar-refractivity contribution is 7.80. The van der Waals surface area contributed by atoms with Crippen LogP contribution < -0.4 is 55.3 Å². The number of carboxylic acid groups (broad SMARTS) is 1. The van der Waals surface area contributed by atoms with E-state index in [1.165, 1.54) is 6.92 Å². The minimum absolute atomic E-state index is 0.00760. The number of carbonyl (C=O) groups is 7. The summed E-state index contributed by atoms with van der Waals surface area (Å²) >= 11 is 4.04. The van der Waals surface area contributed by atoms with Crippen LogP contribution in [0.5, 0.6) is 0 Å². The number of carboxylic acids is 1. The highest BCUT2D eigenvalue weighted by atomic mass is 32.1. The number of nitrogens with zero attached hydrogens (tertiary/aromatic N) is 2. The van der Waals surface area contributed by atoms with Crippen LogP contribution in [0.4, 0.5) is 0 Å². The van der Waals surface area contributed by atoms with E-state index in [0.717, 1.165) is 0 Å². The maximum absolute atomic E-state index is 13.7. The molecule has 52 heavy (non-hydrogen) atoms. The van der Waals surface area contributed by atoms with Gasteiger partial charge >= 0.3 is 5.97 Å². The Kier molecular flexibility index (Phi) is 20.5. The Hall–Kier alpha value is -5.44. The molecular formula is C31H50N12O8S. The Morgan fingerprint density at radius 2 is 1.23 bits per heavy atom. The van der Waals surface area contributed by atoms with Gasteiger partial charge in [0.25, 0.3) is 0 Å². The van der Waals surface area contributed by atoms with Crippen molar-refractivity contribution in [3.8, 4) is 0 Å². The molecule has 0 aliphatic heterocycles. The fourth-order valence-corrected chi connectivity index (χ4v) is 4.70. The monoisotopic (exact) mass is 750 g/mol. The lowest BCUT2D eigenvalue weighted by Gasteiger charge is -2.26. The standard InChI is InChI=1S/C31H50N12O8S/c1-17(39-27(49)21(9-5-11-37-30(33)34)41-26(48)20(32)14-24(45)46)25(47)43-23(13-18-7-3-2-4-8-18)29(51)42-22(10-6-12-38-31(35)36)28(50)40-19(15-44)16-52/h2-4,7-8,15,17,19-23,52H,5-6,9-14,16,32H2,1H3,(H,39,49)(H,40,50)(H,41,48)(H,42,51)(H,43,47)(H,45,46)(H4,33,34,37)(H4,35,36,38)/t17-,19+,20-,21-,22-,23-/m0/s1. The van der Waals surface area contributed by atoms with Crippen LogP contribution in [-0.2, 0) is 40.0 Å². The summed E-state index contributed by atoms with van der Waals surface area (Å²) in [6, 6.07) is 1.37. The van der Waals surface area contributed by atoms with E-state index >= 15 is 0 Å². The van der Waals surface area contributed by atoms with Crippen LogP contribution in [0.1, 0.15) is 44.6 Å². The molecule has 0 aliphatic rings. The number of aliphatic carboxylic acids is 1. The van der Waals surface area contributed by atoms with Crippen molar-refractivity contribution < 1.29 is 38.7 Å². The van der Waals surface area contributed by atoms with Gasteiger partial charge in [-0.25, -0.2) is 0 Å². The fourth-order valence-electron chi connectivity index (χ4n) is 4.52. The summed E-state index contributed by atoms with van der Waals surface area (Å²) < 4.78 is 0. The van der Waals surface area contributed by atoms with E-state index in [4.69, 9.17) is 33.8 Å². The molecule has 6 atom stereocenters. The molecule has 0 aliphatic carbocycles. The fraction of sp³-hybridized carbons (Fsp3) is 0.516. The summed E-state index contributed by atoms with van der Waals surface area (Å²) in [7, 11) is 0. The molecule has 0 heterocycles. The molecule has 0 saturated heterocycles. The van der Waals surface area contributed by atoms with Crippen molar-refractivity contribution in [1.29, 1.82) is 0 Å². The van der Waals surface area contributed by atoms with Crippen molar-refractivity contribution in [3.63, 3.8) is 0 Å². The number of thiol groups is 1.